The summed E-state index contributed by atoms with van der Waals surface area (Å²) in [5, 5.41) is 11.6. The lowest BCUT2D eigenvalue weighted by atomic mass is 10.2. The second-order valence-electron chi connectivity index (χ2n) is 5.59. The van der Waals surface area contributed by atoms with E-state index in [-0.39, 0.29) is 6.61 Å². The highest BCUT2D eigenvalue weighted by Crippen LogP contribution is 2.09. The fraction of sp³-hybridized carbons (Fsp3) is 0.615. The number of carboxylic acids is 1. The normalized spacial score (nSPS) is 12.8. The van der Waals surface area contributed by atoms with Gasteiger partial charge in [0.05, 0.1) is 24.3 Å². The second-order valence-corrected chi connectivity index (χ2v) is 6.56. The van der Waals surface area contributed by atoms with Gasteiger partial charge in [0.1, 0.15) is 0 Å². The first-order valence-corrected chi connectivity index (χ1v) is 7.33. The number of carboxylic acid groups (broad SMARTS) is 1. The molecular weight excluding hydrogens is 294 g/mol. The molecule has 21 heavy (non-hydrogen) atoms. The van der Waals surface area contributed by atoms with Gasteiger partial charge in [-0.05, 0) is 20.8 Å². The topological polar surface area (TPSA) is 91.8 Å². The van der Waals surface area contributed by atoms with Crippen molar-refractivity contribution in [3.63, 3.8) is 0 Å². The highest BCUT2D eigenvalue weighted by Gasteiger charge is 2.24. The number of urea groups is 1. The summed E-state index contributed by atoms with van der Waals surface area (Å²) in [4.78, 5) is 29.4. The molecule has 1 aromatic rings. The van der Waals surface area contributed by atoms with Crippen molar-refractivity contribution in [3.8, 4) is 0 Å². The molecule has 0 radical (unpaired) electrons. The predicted octanol–water partition coefficient (Wildman–Crippen LogP) is 1.55. The highest BCUT2D eigenvalue weighted by atomic mass is 32.1. The van der Waals surface area contributed by atoms with Gasteiger partial charge in [-0.2, -0.15) is 0 Å². The third-order valence-corrected chi connectivity index (χ3v) is 3.27. The van der Waals surface area contributed by atoms with Gasteiger partial charge in [-0.15, -0.1) is 11.3 Å². The van der Waals surface area contributed by atoms with Crippen molar-refractivity contribution in [2.24, 2.45) is 0 Å². The van der Waals surface area contributed by atoms with Crippen LogP contribution >= 0.6 is 11.3 Å². The van der Waals surface area contributed by atoms with Gasteiger partial charge in [-0.25, -0.2) is 9.59 Å². The minimum absolute atomic E-state index is 0.0844. The number of nitrogens with zero attached hydrogens (tertiary/aromatic N) is 2. The van der Waals surface area contributed by atoms with Crippen molar-refractivity contribution in [1.29, 1.82) is 0 Å². The van der Waals surface area contributed by atoms with E-state index in [0.717, 1.165) is 4.88 Å². The van der Waals surface area contributed by atoms with Crippen LogP contribution in [0.4, 0.5) is 4.79 Å². The number of thiazole rings is 1. The number of ether oxygens (including phenoxy) is 1. The van der Waals surface area contributed by atoms with Crippen LogP contribution in [0.1, 0.15) is 25.6 Å². The summed E-state index contributed by atoms with van der Waals surface area (Å²) in [6, 6.07) is -1.55. The molecule has 0 aromatic carbocycles. The van der Waals surface area contributed by atoms with Crippen LogP contribution in [0, 0.1) is 0 Å². The van der Waals surface area contributed by atoms with Crippen LogP contribution in [0.3, 0.4) is 0 Å². The van der Waals surface area contributed by atoms with Gasteiger partial charge in [0.25, 0.3) is 0 Å². The molecule has 7 nitrogen and oxygen atoms in total. The van der Waals surface area contributed by atoms with Crippen LogP contribution in [-0.4, -0.2) is 52.3 Å². The van der Waals surface area contributed by atoms with Gasteiger partial charge in [0.2, 0.25) is 0 Å². The quantitative estimate of drug-likeness (QED) is 0.831. The number of carbonyl (C=O) groups excluding carboxylic acids is 1. The second kappa shape index (κ2) is 7.37. The van der Waals surface area contributed by atoms with Crippen LogP contribution < -0.4 is 5.32 Å². The van der Waals surface area contributed by atoms with E-state index in [0.29, 0.717) is 6.54 Å². The van der Waals surface area contributed by atoms with E-state index in [1.165, 1.54) is 16.2 Å². The van der Waals surface area contributed by atoms with Crippen molar-refractivity contribution in [2.75, 3.05) is 13.7 Å². The van der Waals surface area contributed by atoms with E-state index in [1.54, 1.807) is 18.8 Å². The molecule has 118 valence electrons. The van der Waals surface area contributed by atoms with Crippen molar-refractivity contribution in [3.05, 3.63) is 16.6 Å². The number of aromatic nitrogens is 1. The zero-order valence-corrected chi connectivity index (χ0v) is 13.4. The molecule has 1 atom stereocenters. The SMILES string of the molecule is CN(Cc1cncs1)C(=O)N[C@@H](COC(C)(C)C)C(=O)O. The van der Waals surface area contributed by atoms with Gasteiger partial charge < -0.3 is 20.1 Å². The number of carbonyl (C=O) groups is 2. The summed E-state index contributed by atoms with van der Waals surface area (Å²) in [7, 11) is 1.60. The number of amides is 2. The summed E-state index contributed by atoms with van der Waals surface area (Å²) >= 11 is 1.43. The van der Waals surface area contributed by atoms with Crippen molar-refractivity contribution >= 4 is 23.3 Å². The molecule has 0 unspecified atom stereocenters. The lowest BCUT2D eigenvalue weighted by Gasteiger charge is -2.25. The highest BCUT2D eigenvalue weighted by molar-refractivity contribution is 7.09. The van der Waals surface area contributed by atoms with Crippen molar-refractivity contribution < 1.29 is 19.4 Å². The Morgan fingerprint density at radius 3 is 2.67 bits per heavy atom. The summed E-state index contributed by atoms with van der Waals surface area (Å²) < 4.78 is 5.42. The van der Waals surface area contributed by atoms with Crippen LogP contribution in [0.2, 0.25) is 0 Å². The predicted molar refractivity (Wildman–Crippen MR) is 79.2 cm³/mol. The van der Waals surface area contributed by atoms with E-state index in [9.17, 15) is 9.59 Å². The Morgan fingerprint density at radius 2 is 2.19 bits per heavy atom. The van der Waals surface area contributed by atoms with Crippen LogP contribution in [-0.2, 0) is 16.1 Å². The Morgan fingerprint density at radius 1 is 1.52 bits per heavy atom. The van der Waals surface area contributed by atoms with E-state index in [2.05, 4.69) is 10.3 Å². The number of hydrogen-bond acceptors (Lipinski definition) is 5. The first kappa shape index (κ1) is 17.4. The van der Waals surface area contributed by atoms with Crippen LogP contribution in [0.5, 0.6) is 0 Å². The Labute approximate surface area is 127 Å². The smallest absolute Gasteiger partial charge is 0.328 e. The molecule has 1 aromatic heterocycles. The first-order chi connectivity index (χ1) is 9.69. The van der Waals surface area contributed by atoms with E-state index < -0.39 is 23.6 Å². The fourth-order valence-electron chi connectivity index (χ4n) is 1.39. The Balaban J connectivity index is 2.53. The lowest BCUT2D eigenvalue weighted by Crippen LogP contribution is -2.49. The molecule has 1 rings (SSSR count). The maximum atomic E-state index is 12.0. The summed E-state index contributed by atoms with van der Waals surface area (Å²) in [5.41, 5.74) is 1.21. The largest absolute Gasteiger partial charge is 0.480 e. The van der Waals surface area contributed by atoms with Crippen LogP contribution in [0.25, 0.3) is 0 Å². The molecule has 1 heterocycles. The number of nitrogens with one attached hydrogen (secondary N) is 1. The fourth-order valence-corrected chi connectivity index (χ4v) is 2.04. The number of rotatable bonds is 6. The number of hydrogen-bond donors (Lipinski definition) is 2. The Kier molecular flexibility index (Phi) is 6.10. The van der Waals surface area contributed by atoms with Gasteiger partial charge in [-0.1, -0.05) is 0 Å². The molecule has 0 aliphatic carbocycles. The molecule has 2 N–H and O–H groups in total. The molecular formula is C13H21N3O4S. The molecule has 8 heteroatoms. The van der Waals surface area contributed by atoms with E-state index in [1.807, 2.05) is 20.8 Å². The molecule has 0 aliphatic rings. The molecule has 0 bridgehead atoms. The van der Waals surface area contributed by atoms with Gasteiger partial charge >= 0.3 is 12.0 Å². The van der Waals surface area contributed by atoms with Crippen molar-refractivity contribution in [2.45, 2.75) is 39.0 Å². The van der Waals surface area contributed by atoms with E-state index >= 15 is 0 Å². The molecule has 0 spiro atoms. The number of aliphatic carboxylic acids is 1. The summed E-state index contributed by atoms with van der Waals surface area (Å²) in [5.74, 6) is -1.13. The maximum absolute atomic E-state index is 12.0. The average molecular weight is 315 g/mol. The average Bonchev–Trinajstić information content (AvgIpc) is 2.85. The standard InChI is InChI=1S/C13H21N3O4S/c1-13(2,3)20-7-10(11(17)18)15-12(19)16(4)6-9-5-14-8-21-9/h5,8,10H,6-7H2,1-4H3,(H,15,19)(H,17,18)/t10-/m0/s1. The molecule has 0 saturated carbocycles. The minimum atomic E-state index is -1.13. The zero-order valence-electron chi connectivity index (χ0n) is 12.6. The van der Waals surface area contributed by atoms with Gasteiger partial charge in [0, 0.05) is 18.1 Å². The molecule has 0 aliphatic heterocycles. The van der Waals surface area contributed by atoms with Crippen molar-refractivity contribution in [1.82, 2.24) is 15.2 Å². The third-order valence-electron chi connectivity index (χ3n) is 2.50. The molecule has 0 saturated heterocycles. The van der Waals surface area contributed by atoms with Crippen LogP contribution in [0.15, 0.2) is 11.7 Å². The summed E-state index contributed by atoms with van der Waals surface area (Å²) in [6.07, 6.45) is 1.67. The lowest BCUT2D eigenvalue weighted by molar-refractivity contribution is -0.142. The van der Waals surface area contributed by atoms with E-state index in [4.69, 9.17) is 9.84 Å². The monoisotopic (exact) mass is 315 g/mol. The Bertz CT molecular complexity index is 470. The third kappa shape index (κ3) is 6.54. The Hall–Kier alpha value is -1.67. The minimum Gasteiger partial charge on any atom is -0.480 e. The summed E-state index contributed by atoms with van der Waals surface area (Å²) in [6.45, 7) is 5.76. The molecule has 2 amide bonds. The maximum Gasteiger partial charge on any atom is 0.328 e. The zero-order chi connectivity index (χ0) is 16.0. The van der Waals surface area contributed by atoms with Gasteiger partial charge in [0.15, 0.2) is 6.04 Å². The first-order valence-electron chi connectivity index (χ1n) is 6.45. The molecule has 0 fully saturated rings. The van der Waals surface area contributed by atoms with Gasteiger partial charge in [-0.3, -0.25) is 4.98 Å².